The van der Waals surface area contributed by atoms with Gasteiger partial charge in [-0.05, 0) is 36.6 Å². The molecule has 0 saturated heterocycles. The average molecular weight is 310 g/mol. The highest BCUT2D eigenvalue weighted by atomic mass is 32.2. The molecule has 1 aromatic rings. The van der Waals surface area contributed by atoms with Crippen LogP contribution < -0.4 is 9.44 Å². The number of aliphatic hydroxyl groups is 1. The van der Waals surface area contributed by atoms with E-state index in [2.05, 4.69) is 21.3 Å². The fourth-order valence-corrected chi connectivity index (χ4v) is 2.68. The zero-order chi connectivity index (χ0) is 15.9. The van der Waals surface area contributed by atoms with Crippen molar-refractivity contribution in [2.75, 3.05) is 17.9 Å². The summed E-state index contributed by atoms with van der Waals surface area (Å²) >= 11 is 0. The van der Waals surface area contributed by atoms with E-state index in [0.29, 0.717) is 18.7 Å². The van der Waals surface area contributed by atoms with E-state index in [-0.39, 0.29) is 12.5 Å². The van der Waals surface area contributed by atoms with Crippen molar-refractivity contribution in [1.29, 1.82) is 0 Å². The van der Waals surface area contributed by atoms with Crippen LogP contribution in [0.1, 0.15) is 31.4 Å². The lowest BCUT2D eigenvalue weighted by atomic mass is 10.1. The molecule has 116 valence electrons. The molecular formula is C15H22N2O3S. The largest absolute Gasteiger partial charge is 0.395 e. The molecule has 1 rings (SSSR count). The average Bonchev–Trinajstić information content (AvgIpc) is 2.40. The molecule has 0 unspecified atom stereocenters. The molecule has 0 aliphatic rings. The Kier molecular flexibility index (Phi) is 6.69. The number of rotatable bonds is 6. The van der Waals surface area contributed by atoms with Crippen LogP contribution in [0, 0.1) is 24.7 Å². The monoisotopic (exact) mass is 310 g/mol. The molecule has 0 aliphatic carbocycles. The third kappa shape index (κ3) is 6.63. The van der Waals surface area contributed by atoms with Crippen LogP contribution in [0.15, 0.2) is 18.2 Å². The Balaban J connectivity index is 2.79. The van der Waals surface area contributed by atoms with E-state index in [1.807, 2.05) is 26.8 Å². The van der Waals surface area contributed by atoms with Gasteiger partial charge >= 0.3 is 0 Å². The zero-order valence-corrected chi connectivity index (χ0v) is 13.4. The quantitative estimate of drug-likeness (QED) is 0.699. The lowest BCUT2D eigenvalue weighted by Gasteiger charge is -2.12. The van der Waals surface area contributed by atoms with Gasteiger partial charge in [0.2, 0.25) is 0 Å². The van der Waals surface area contributed by atoms with E-state index < -0.39 is 10.2 Å². The van der Waals surface area contributed by atoms with Crippen molar-refractivity contribution in [3.8, 4) is 11.8 Å². The van der Waals surface area contributed by atoms with Crippen LogP contribution in [0.3, 0.4) is 0 Å². The molecule has 5 nitrogen and oxygen atoms in total. The number of hydrogen-bond acceptors (Lipinski definition) is 3. The van der Waals surface area contributed by atoms with Crippen molar-refractivity contribution in [2.45, 2.75) is 27.2 Å². The Morgan fingerprint density at radius 3 is 2.62 bits per heavy atom. The van der Waals surface area contributed by atoms with Gasteiger partial charge in [0.25, 0.3) is 10.2 Å². The van der Waals surface area contributed by atoms with Crippen LogP contribution in [0.5, 0.6) is 0 Å². The van der Waals surface area contributed by atoms with Crippen LogP contribution in [0.25, 0.3) is 0 Å². The Morgan fingerprint density at radius 2 is 2.05 bits per heavy atom. The minimum Gasteiger partial charge on any atom is -0.395 e. The van der Waals surface area contributed by atoms with E-state index in [1.54, 1.807) is 12.1 Å². The highest BCUT2D eigenvalue weighted by Gasteiger charge is 2.11. The van der Waals surface area contributed by atoms with Gasteiger partial charge in [-0.1, -0.05) is 25.7 Å². The zero-order valence-electron chi connectivity index (χ0n) is 12.6. The molecule has 0 spiro atoms. The van der Waals surface area contributed by atoms with Gasteiger partial charge in [-0.25, -0.2) is 0 Å². The Labute approximate surface area is 127 Å². The SMILES string of the molecule is Cc1cc(C#CCCO)ccc1NS(=O)(=O)NCC(C)C. The van der Waals surface area contributed by atoms with E-state index in [1.165, 1.54) is 0 Å². The van der Waals surface area contributed by atoms with E-state index in [9.17, 15) is 8.42 Å². The highest BCUT2D eigenvalue weighted by Crippen LogP contribution is 2.17. The lowest BCUT2D eigenvalue weighted by molar-refractivity contribution is 0.305. The summed E-state index contributed by atoms with van der Waals surface area (Å²) in [5, 5.41) is 8.67. The van der Waals surface area contributed by atoms with Crippen LogP contribution in [0.2, 0.25) is 0 Å². The first-order chi connectivity index (χ1) is 9.84. The molecule has 0 aliphatic heterocycles. The Bertz CT molecular complexity index is 628. The predicted molar refractivity (Wildman–Crippen MR) is 85.1 cm³/mol. The van der Waals surface area contributed by atoms with E-state index in [4.69, 9.17) is 5.11 Å². The molecule has 0 aromatic heterocycles. The molecule has 0 bridgehead atoms. The Morgan fingerprint density at radius 1 is 1.33 bits per heavy atom. The molecule has 0 saturated carbocycles. The number of aliphatic hydroxyl groups excluding tert-OH is 1. The van der Waals surface area contributed by atoms with Gasteiger partial charge in [0.05, 0.1) is 12.3 Å². The maximum Gasteiger partial charge on any atom is 0.299 e. The minimum atomic E-state index is -3.56. The summed E-state index contributed by atoms with van der Waals surface area (Å²) in [6, 6.07) is 5.25. The third-order valence-corrected chi connectivity index (χ3v) is 3.66. The van der Waals surface area contributed by atoms with Gasteiger partial charge in [-0.3, -0.25) is 4.72 Å². The summed E-state index contributed by atoms with van der Waals surface area (Å²) in [5.41, 5.74) is 2.11. The number of aryl methyl sites for hydroxylation is 1. The first-order valence-corrected chi connectivity index (χ1v) is 8.30. The van der Waals surface area contributed by atoms with Crippen molar-refractivity contribution in [1.82, 2.24) is 4.72 Å². The summed E-state index contributed by atoms with van der Waals surface area (Å²) < 4.78 is 28.8. The molecule has 0 amide bonds. The van der Waals surface area contributed by atoms with Crippen LogP contribution in [0.4, 0.5) is 5.69 Å². The number of anilines is 1. The van der Waals surface area contributed by atoms with Gasteiger partial charge in [-0.15, -0.1) is 0 Å². The van der Waals surface area contributed by atoms with Gasteiger partial charge in [0, 0.05) is 18.5 Å². The van der Waals surface area contributed by atoms with Crippen molar-refractivity contribution in [3.63, 3.8) is 0 Å². The molecule has 3 N–H and O–H groups in total. The number of benzene rings is 1. The molecule has 21 heavy (non-hydrogen) atoms. The van der Waals surface area contributed by atoms with Gasteiger partial charge in [0.15, 0.2) is 0 Å². The van der Waals surface area contributed by atoms with Gasteiger partial charge in [-0.2, -0.15) is 13.1 Å². The van der Waals surface area contributed by atoms with Crippen LogP contribution in [-0.2, 0) is 10.2 Å². The molecule has 0 atom stereocenters. The van der Waals surface area contributed by atoms with E-state index in [0.717, 1.165) is 11.1 Å². The second-order valence-corrected chi connectivity index (χ2v) is 6.65. The van der Waals surface area contributed by atoms with Crippen molar-refractivity contribution in [2.24, 2.45) is 5.92 Å². The number of hydrogen-bond donors (Lipinski definition) is 3. The minimum absolute atomic E-state index is 0.0331. The van der Waals surface area contributed by atoms with Gasteiger partial charge < -0.3 is 5.11 Å². The molecule has 1 aromatic carbocycles. The molecule has 6 heteroatoms. The van der Waals surface area contributed by atoms with Crippen LogP contribution >= 0.6 is 0 Å². The standard InChI is InChI=1S/C15H22N2O3S/c1-12(2)11-16-21(19,20)17-15-8-7-14(10-13(15)3)6-4-5-9-18/h7-8,10,12,16-18H,5,9,11H2,1-3H3. The van der Waals surface area contributed by atoms with Crippen LogP contribution in [-0.4, -0.2) is 26.7 Å². The highest BCUT2D eigenvalue weighted by molar-refractivity contribution is 7.90. The maximum absolute atomic E-state index is 11.9. The Hall–Kier alpha value is -1.55. The van der Waals surface area contributed by atoms with Crippen molar-refractivity contribution >= 4 is 15.9 Å². The lowest BCUT2D eigenvalue weighted by Crippen LogP contribution is -2.33. The van der Waals surface area contributed by atoms with Crippen molar-refractivity contribution in [3.05, 3.63) is 29.3 Å². The summed E-state index contributed by atoms with van der Waals surface area (Å²) in [6.07, 6.45) is 0.423. The first kappa shape index (κ1) is 17.5. The fourth-order valence-electron chi connectivity index (χ4n) is 1.53. The molecule has 0 heterocycles. The molecule has 0 fully saturated rings. The fraction of sp³-hybridized carbons (Fsp3) is 0.467. The summed E-state index contributed by atoms with van der Waals surface area (Å²) in [4.78, 5) is 0. The summed E-state index contributed by atoms with van der Waals surface area (Å²) in [6.45, 7) is 6.11. The number of nitrogens with one attached hydrogen (secondary N) is 2. The molecule has 0 radical (unpaired) electrons. The summed E-state index contributed by atoms with van der Waals surface area (Å²) in [5.74, 6) is 5.98. The third-order valence-electron chi connectivity index (χ3n) is 2.62. The molecular weight excluding hydrogens is 288 g/mol. The predicted octanol–water partition coefficient (Wildman–Crippen LogP) is 1.63. The normalized spacial score (nSPS) is 11.1. The second kappa shape index (κ2) is 8.03. The summed E-state index contributed by atoms with van der Waals surface area (Å²) in [7, 11) is -3.56. The first-order valence-electron chi connectivity index (χ1n) is 6.82. The maximum atomic E-state index is 11.9. The van der Waals surface area contributed by atoms with Gasteiger partial charge in [0.1, 0.15) is 0 Å². The van der Waals surface area contributed by atoms with E-state index >= 15 is 0 Å². The smallest absolute Gasteiger partial charge is 0.299 e. The topological polar surface area (TPSA) is 78.4 Å². The van der Waals surface area contributed by atoms with Crippen molar-refractivity contribution < 1.29 is 13.5 Å². The second-order valence-electron chi connectivity index (χ2n) is 5.15.